The van der Waals surface area contributed by atoms with Crippen LogP contribution in [0.1, 0.15) is 271 Å². The second kappa shape index (κ2) is 58.5. The van der Waals surface area contributed by atoms with E-state index in [0.29, 0.717) is 12.8 Å². The minimum Gasteiger partial charge on any atom is -0.394 e. The number of rotatable bonds is 59. The number of unbranched alkanes of at least 4 members (excludes halogenated alkanes) is 29. The number of carbonyl (C=O) groups is 1. The molecule has 0 aromatic carbocycles. The number of aliphatic hydroxyl groups is 11. The standard InChI is InChI=1S/C78H137NO18/c1-3-5-7-9-11-13-15-17-19-21-23-25-27-28-29-30-31-32-34-36-38-40-42-44-46-48-50-52-54-56-66(84)79-61(62(83)55-53-51-49-47-45-43-41-39-37-35-33-26-24-22-20-18-16-14-12-10-8-6-4-2)60-92-76-72(90)69(87)74(64(58-81)94-76)97-78-73(91)70(88)75(65(59-82)95-78)96-77-71(89)68(86)67(85)63(57-80)93-77/h5,7,11,13,17,19,23,25,28-29,31-32,36,38,61-65,67-78,80-83,85-91H,3-4,6,8-10,12,14-16,18,20-22,24,26-27,30,33-35,37,39-60H2,1-2H3,(H,79,84)/b7-5-,13-11-,19-17-,25-23-,29-28-,32-31-,38-36-. The fourth-order valence-electron chi connectivity index (χ4n) is 12.6. The van der Waals surface area contributed by atoms with E-state index in [1.54, 1.807) is 0 Å². The molecule has 12 N–H and O–H groups in total. The van der Waals surface area contributed by atoms with Crippen LogP contribution >= 0.6 is 0 Å². The molecule has 0 aromatic heterocycles. The highest BCUT2D eigenvalue weighted by molar-refractivity contribution is 5.76. The molecule has 3 rings (SSSR count). The van der Waals surface area contributed by atoms with Gasteiger partial charge in [0.15, 0.2) is 18.9 Å². The molecule has 17 atom stereocenters. The summed E-state index contributed by atoms with van der Waals surface area (Å²) in [6.45, 7) is 1.70. The van der Waals surface area contributed by atoms with Crippen molar-refractivity contribution in [2.45, 2.75) is 375 Å². The van der Waals surface area contributed by atoms with Gasteiger partial charge in [0.1, 0.15) is 73.2 Å². The summed E-state index contributed by atoms with van der Waals surface area (Å²) < 4.78 is 34.5. The maximum Gasteiger partial charge on any atom is 0.220 e. The van der Waals surface area contributed by atoms with Gasteiger partial charge in [0.25, 0.3) is 0 Å². The average Bonchev–Trinajstić information content (AvgIpc) is 0.789. The van der Waals surface area contributed by atoms with Crippen LogP contribution in [0.25, 0.3) is 0 Å². The Kier molecular flexibility index (Phi) is 53.2. The Labute approximate surface area is 584 Å². The summed E-state index contributed by atoms with van der Waals surface area (Å²) in [4.78, 5) is 13.5. The Balaban J connectivity index is 1.40. The highest BCUT2D eigenvalue weighted by atomic mass is 16.8. The van der Waals surface area contributed by atoms with Crippen molar-refractivity contribution in [1.82, 2.24) is 5.32 Å². The summed E-state index contributed by atoms with van der Waals surface area (Å²) in [6.07, 6.45) is 49.3. The highest BCUT2D eigenvalue weighted by Crippen LogP contribution is 2.33. The second-order valence-corrected chi connectivity index (χ2v) is 27.1. The quantitative estimate of drug-likeness (QED) is 0.0199. The summed E-state index contributed by atoms with van der Waals surface area (Å²) in [7, 11) is 0. The molecule has 3 saturated heterocycles. The third kappa shape index (κ3) is 39.3. The number of allylic oxidation sites excluding steroid dienone is 14. The van der Waals surface area contributed by atoms with Crippen molar-refractivity contribution in [3.8, 4) is 0 Å². The van der Waals surface area contributed by atoms with Gasteiger partial charge in [0.2, 0.25) is 5.91 Å². The van der Waals surface area contributed by atoms with Crippen LogP contribution in [0.5, 0.6) is 0 Å². The SMILES string of the molecule is CC/C=C\C/C=C\C/C=C\C/C=C\C/C=C\C/C=C\C/C=C\CCCCCCCCCC(=O)NC(COC1OC(CO)C(OC2OC(CO)C(OC3OC(CO)C(O)C(O)C3O)C(O)C2O)C(O)C1O)C(O)CCCCCCCCCCCCCCCCCCCCCCCCC. The molecule has 562 valence electrons. The smallest absolute Gasteiger partial charge is 0.220 e. The van der Waals surface area contributed by atoms with Gasteiger partial charge in [-0.1, -0.05) is 279 Å². The first-order valence-electron chi connectivity index (χ1n) is 38.3. The van der Waals surface area contributed by atoms with Gasteiger partial charge in [-0.3, -0.25) is 4.79 Å². The minimum atomic E-state index is -1.98. The average molecular weight is 1380 g/mol. The predicted octanol–water partition coefficient (Wildman–Crippen LogP) is 11.8. The van der Waals surface area contributed by atoms with Gasteiger partial charge in [0, 0.05) is 6.42 Å². The monoisotopic (exact) mass is 1380 g/mol. The summed E-state index contributed by atoms with van der Waals surface area (Å²) in [5.74, 6) is -0.255. The lowest BCUT2D eigenvalue weighted by Crippen LogP contribution is -2.66. The van der Waals surface area contributed by atoms with E-state index in [9.17, 15) is 61.0 Å². The Morgan fingerprint density at radius 3 is 1.11 bits per heavy atom. The third-order valence-corrected chi connectivity index (χ3v) is 18.7. The number of carbonyl (C=O) groups excluding carboxylic acids is 1. The molecule has 3 aliphatic rings. The molecule has 3 fully saturated rings. The van der Waals surface area contributed by atoms with Crippen LogP contribution in [0.2, 0.25) is 0 Å². The van der Waals surface area contributed by atoms with Crippen molar-refractivity contribution in [3.63, 3.8) is 0 Å². The van der Waals surface area contributed by atoms with Gasteiger partial charge in [-0.25, -0.2) is 0 Å². The van der Waals surface area contributed by atoms with Crippen molar-refractivity contribution < 1.29 is 89.4 Å². The maximum atomic E-state index is 13.5. The van der Waals surface area contributed by atoms with Gasteiger partial charge in [-0.05, 0) is 70.6 Å². The lowest BCUT2D eigenvalue weighted by atomic mass is 9.96. The van der Waals surface area contributed by atoms with E-state index >= 15 is 0 Å². The molecular weight excluding hydrogens is 1240 g/mol. The summed E-state index contributed by atoms with van der Waals surface area (Å²) in [5.41, 5.74) is 0. The summed E-state index contributed by atoms with van der Waals surface area (Å²) in [6, 6.07) is -0.901. The molecule has 0 aromatic rings. The Hall–Kier alpha value is -3.03. The molecule has 3 heterocycles. The van der Waals surface area contributed by atoms with E-state index in [4.69, 9.17) is 28.4 Å². The minimum absolute atomic E-state index is 0.249. The lowest BCUT2D eigenvalue weighted by molar-refractivity contribution is -0.379. The normalized spacial score (nSPS) is 27.4. The van der Waals surface area contributed by atoms with Crippen LogP contribution in [-0.4, -0.2) is 193 Å². The van der Waals surface area contributed by atoms with Crippen molar-refractivity contribution in [2.24, 2.45) is 0 Å². The molecule has 0 saturated carbocycles. The van der Waals surface area contributed by atoms with Crippen molar-refractivity contribution in [3.05, 3.63) is 85.1 Å². The number of hydrogen-bond acceptors (Lipinski definition) is 18. The van der Waals surface area contributed by atoms with Crippen LogP contribution in [0.15, 0.2) is 85.1 Å². The first kappa shape index (κ1) is 88.2. The van der Waals surface area contributed by atoms with Crippen LogP contribution in [0, 0.1) is 0 Å². The van der Waals surface area contributed by atoms with E-state index in [-0.39, 0.29) is 18.9 Å². The Morgan fingerprint density at radius 1 is 0.381 bits per heavy atom. The number of aliphatic hydroxyl groups excluding tert-OH is 11. The van der Waals surface area contributed by atoms with Gasteiger partial charge in [0.05, 0.1) is 38.6 Å². The van der Waals surface area contributed by atoms with Crippen LogP contribution in [0.3, 0.4) is 0 Å². The number of hydrogen-bond donors (Lipinski definition) is 12. The van der Waals surface area contributed by atoms with Crippen LogP contribution < -0.4 is 5.32 Å². The van der Waals surface area contributed by atoms with E-state index in [0.717, 1.165) is 116 Å². The van der Waals surface area contributed by atoms with Crippen LogP contribution in [-0.2, 0) is 33.2 Å². The molecule has 19 heteroatoms. The molecular formula is C78H137NO18. The largest absolute Gasteiger partial charge is 0.394 e. The third-order valence-electron chi connectivity index (χ3n) is 18.7. The Bertz CT molecular complexity index is 2080. The van der Waals surface area contributed by atoms with Crippen LogP contribution in [0.4, 0.5) is 0 Å². The van der Waals surface area contributed by atoms with Gasteiger partial charge < -0.3 is 89.9 Å². The number of amides is 1. The van der Waals surface area contributed by atoms with Crippen molar-refractivity contribution in [1.29, 1.82) is 0 Å². The number of ether oxygens (including phenoxy) is 6. The number of nitrogens with one attached hydrogen (secondary N) is 1. The zero-order chi connectivity index (χ0) is 70.4. The van der Waals surface area contributed by atoms with E-state index in [1.807, 2.05) is 0 Å². The zero-order valence-electron chi connectivity index (χ0n) is 59.8. The molecule has 0 bridgehead atoms. The van der Waals surface area contributed by atoms with Gasteiger partial charge in [-0.15, -0.1) is 0 Å². The van der Waals surface area contributed by atoms with Gasteiger partial charge >= 0.3 is 0 Å². The molecule has 19 nitrogen and oxygen atoms in total. The van der Waals surface area contributed by atoms with E-state index < -0.39 is 124 Å². The predicted molar refractivity (Wildman–Crippen MR) is 383 cm³/mol. The fourth-order valence-corrected chi connectivity index (χ4v) is 12.6. The van der Waals surface area contributed by atoms with Crippen molar-refractivity contribution in [2.75, 3.05) is 26.4 Å². The second-order valence-electron chi connectivity index (χ2n) is 27.1. The first-order valence-corrected chi connectivity index (χ1v) is 38.3. The molecule has 17 unspecified atom stereocenters. The lowest BCUT2D eigenvalue weighted by Gasteiger charge is -2.48. The van der Waals surface area contributed by atoms with E-state index in [2.05, 4.69) is 104 Å². The van der Waals surface area contributed by atoms with E-state index in [1.165, 1.54) is 122 Å². The fraction of sp³-hybridized carbons (Fsp3) is 0.808. The van der Waals surface area contributed by atoms with Crippen molar-refractivity contribution >= 4 is 5.91 Å². The maximum absolute atomic E-state index is 13.5. The Morgan fingerprint density at radius 2 is 0.711 bits per heavy atom. The summed E-state index contributed by atoms with van der Waals surface area (Å²) in [5, 5.41) is 121. The molecule has 1 amide bonds. The zero-order valence-corrected chi connectivity index (χ0v) is 59.8. The van der Waals surface area contributed by atoms with Gasteiger partial charge in [-0.2, -0.15) is 0 Å². The molecule has 0 aliphatic carbocycles. The molecule has 3 aliphatic heterocycles. The molecule has 97 heavy (non-hydrogen) atoms. The first-order chi connectivity index (χ1) is 47.3. The highest BCUT2D eigenvalue weighted by Gasteiger charge is 2.53. The summed E-state index contributed by atoms with van der Waals surface area (Å²) >= 11 is 0. The molecule has 0 radical (unpaired) electrons. The molecule has 0 spiro atoms. The topological polar surface area (TPSA) is 307 Å².